The Hall–Kier alpha value is 0.403. The van der Waals surface area contributed by atoms with Crippen LogP contribution in [0.15, 0.2) is 48.5 Å². The van der Waals surface area contributed by atoms with Gasteiger partial charge in [0, 0.05) is 11.1 Å². The summed E-state index contributed by atoms with van der Waals surface area (Å²) in [6.07, 6.45) is 0. The Morgan fingerprint density at radius 3 is 1.42 bits per heavy atom. The van der Waals surface area contributed by atoms with Crippen LogP contribution < -0.4 is 121 Å². The van der Waals surface area contributed by atoms with E-state index < -0.39 is 23.3 Å². The molecule has 0 heterocycles. The van der Waals surface area contributed by atoms with Gasteiger partial charge in [-0.25, -0.2) is 0 Å². The zero-order chi connectivity index (χ0) is 16.1. The van der Waals surface area contributed by atoms with Gasteiger partial charge in [0.15, 0.2) is 11.5 Å². The number of carbonyl (C=O) groups is 2. The van der Waals surface area contributed by atoms with Crippen molar-refractivity contribution in [2.24, 2.45) is 0 Å². The molecule has 0 bridgehead atoms. The van der Waals surface area contributed by atoms with E-state index in [0.29, 0.717) is 0 Å². The van der Waals surface area contributed by atoms with Crippen LogP contribution in [0.2, 0.25) is 0 Å². The van der Waals surface area contributed by atoms with Crippen LogP contribution >= 0.6 is 0 Å². The van der Waals surface area contributed by atoms with E-state index in [-0.39, 0.29) is 125 Å². The fraction of sp³-hybridized carbons (Fsp3) is 0. The number of carboxylic acids is 2. The molecule has 114 valence electrons. The van der Waals surface area contributed by atoms with Gasteiger partial charge in [-0.2, -0.15) is 4.21 Å². The second-order valence-corrected chi connectivity index (χ2v) is 4.68. The van der Waals surface area contributed by atoms with Crippen molar-refractivity contribution >= 4 is 23.3 Å². The van der Waals surface area contributed by atoms with E-state index in [1.165, 1.54) is 48.5 Å². The van der Waals surface area contributed by atoms with Crippen molar-refractivity contribution in [1.29, 1.82) is 0 Å². The topological polar surface area (TPSA) is 116 Å². The van der Waals surface area contributed by atoms with E-state index in [0.717, 1.165) is 0 Å². The molecule has 10 heteroatoms. The fourth-order valence-corrected chi connectivity index (χ4v) is 2.20. The van der Waals surface area contributed by atoms with Crippen molar-refractivity contribution in [3.8, 4) is 11.5 Å². The number of aromatic carboxylic acids is 2. The Labute approximate surface area is 225 Å². The Morgan fingerprint density at radius 1 is 0.750 bits per heavy atom. The molecule has 7 nitrogen and oxygen atoms in total. The summed E-state index contributed by atoms with van der Waals surface area (Å²) in [4.78, 5) is 21.8. The third kappa shape index (κ3) is 6.96. The van der Waals surface area contributed by atoms with Gasteiger partial charge in [0.2, 0.25) is 0 Å². The van der Waals surface area contributed by atoms with Gasteiger partial charge in [0.1, 0.15) is 0 Å². The van der Waals surface area contributed by atoms with Crippen molar-refractivity contribution < 1.29 is 135 Å². The van der Waals surface area contributed by atoms with E-state index in [2.05, 4.69) is 0 Å². The van der Waals surface area contributed by atoms with Crippen LogP contribution in [-0.2, 0) is 11.4 Å². The first-order chi connectivity index (χ1) is 10.5. The van der Waals surface area contributed by atoms with Crippen LogP contribution in [0.25, 0.3) is 0 Å². The molecule has 0 aliphatic heterocycles. The zero-order valence-corrected chi connectivity index (χ0v) is 19.9. The third-order valence-electron chi connectivity index (χ3n) is 2.53. The predicted molar refractivity (Wildman–Crippen MR) is 70.9 cm³/mol. The normalized spacial score (nSPS) is 9.38. The summed E-state index contributed by atoms with van der Waals surface area (Å²) in [6.45, 7) is 0. The van der Waals surface area contributed by atoms with E-state index in [1.807, 2.05) is 0 Å². The van der Waals surface area contributed by atoms with E-state index in [9.17, 15) is 24.0 Å². The van der Waals surface area contributed by atoms with Crippen molar-refractivity contribution in [3.63, 3.8) is 0 Å². The van der Waals surface area contributed by atoms with Gasteiger partial charge in [-0.1, -0.05) is 24.3 Å². The number of carbonyl (C=O) groups excluding carboxylic acids is 2. The quantitative estimate of drug-likeness (QED) is 0.444. The first-order valence-electron chi connectivity index (χ1n) is 5.88. The molecule has 0 aliphatic carbocycles. The van der Waals surface area contributed by atoms with E-state index >= 15 is 0 Å². The average molecular weight is 398 g/mol. The Bertz CT molecular complexity index is 690. The number of hydrogen-bond donors (Lipinski definition) is 0. The summed E-state index contributed by atoms with van der Waals surface area (Å²) in [6, 6.07) is 10.7. The molecule has 0 radical (unpaired) electrons. The molecule has 0 fully saturated rings. The molecule has 2 aromatic carbocycles. The number of hydrogen-bond acceptors (Lipinski definition) is 7. The molecule has 2 aromatic rings. The molecule has 0 aliphatic rings. The predicted octanol–water partition coefficient (Wildman–Crippen LogP) is -6.54. The Kier molecular flexibility index (Phi) is 12.1. The molecule has 0 atom stereocenters. The average Bonchev–Trinajstić information content (AvgIpc) is 2.47. The summed E-state index contributed by atoms with van der Waals surface area (Å²) < 4.78 is 21.5. The van der Waals surface area contributed by atoms with Crippen LogP contribution in [0.5, 0.6) is 11.5 Å². The molecule has 0 spiro atoms. The second-order valence-electron chi connectivity index (χ2n) is 3.94. The number of para-hydroxylation sites is 2. The molecule has 0 aromatic heterocycles. The van der Waals surface area contributed by atoms with Gasteiger partial charge in [-0.15, -0.1) is 0 Å². The minimum Gasteiger partial charge on any atom is -0.545 e. The summed E-state index contributed by atoms with van der Waals surface area (Å²) >= 11 is -2.46. The third-order valence-corrected chi connectivity index (χ3v) is 3.16. The Balaban J connectivity index is 0.00000264. The van der Waals surface area contributed by atoms with Crippen LogP contribution in [0.3, 0.4) is 0 Å². The maximum absolute atomic E-state index is 11.8. The molecule has 0 saturated carbocycles. The van der Waals surface area contributed by atoms with Crippen molar-refractivity contribution in [2.45, 2.75) is 0 Å². The summed E-state index contributed by atoms with van der Waals surface area (Å²) in [5.74, 6) is -3.48. The van der Waals surface area contributed by atoms with Crippen molar-refractivity contribution in [2.75, 3.05) is 0 Å². The van der Waals surface area contributed by atoms with Crippen LogP contribution in [-0.4, -0.2) is 16.1 Å². The molecule has 24 heavy (non-hydrogen) atoms. The summed E-state index contributed by atoms with van der Waals surface area (Å²) in [5, 5.41) is 21.8. The van der Waals surface area contributed by atoms with Crippen molar-refractivity contribution in [1.82, 2.24) is 0 Å². The molecule has 0 saturated heterocycles. The van der Waals surface area contributed by atoms with Gasteiger partial charge in [0.05, 0.1) is 11.9 Å². The fourth-order valence-electron chi connectivity index (χ4n) is 1.58. The number of rotatable bonds is 6. The SMILES string of the molecule is O=C([O-])c1ccccc1OS(=O)Oc1ccccc1C(=O)[O-].[K+].[K+]. The first kappa shape index (κ1) is 24.4. The van der Waals surface area contributed by atoms with E-state index in [1.54, 1.807) is 0 Å². The van der Waals surface area contributed by atoms with Crippen LogP contribution in [0.4, 0.5) is 0 Å². The monoisotopic (exact) mass is 398 g/mol. The van der Waals surface area contributed by atoms with Gasteiger partial charge >= 0.3 is 114 Å². The molecular formula is C14H8K2O7S. The first-order valence-corrected chi connectivity index (χ1v) is 6.88. The van der Waals surface area contributed by atoms with Crippen LogP contribution in [0.1, 0.15) is 20.7 Å². The second kappa shape index (κ2) is 11.9. The van der Waals surface area contributed by atoms with Crippen molar-refractivity contribution in [3.05, 3.63) is 59.7 Å². The molecule has 0 unspecified atom stereocenters. The Morgan fingerprint density at radius 2 is 1.08 bits per heavy atom. The maximum atomic E-state index is 11.8. The van der Waals surface area contributed by atoms with Gasteiger partial charge in [0.25, 0.3) is 0 Å². The molecule has 0 N–H and O–H groups in total. The zero-order valence-electron chi connectivity index (χ0n) is 12.9. The van der Waals surface area contributed by atoms with Crippen LogP contribution in [0, 0.1) is 0 Å². The van der Waals surface area contributed by atoms with E-state index in [4.69, 9.17) is 8.37 Å². The largest absolute Gasteiger partial charge is 1.00 e. The minimum absolute atomic E-state index is 0. The van der Waals surface area contributed by atoms with Gasteiger partial charge in [-0.05, 0) is 24.3 Å². The summed E-state index contributed by atoms with van der Waals surface area (Å²) in [7, 11) is 0. The standard InChI is InChI=1S/C14H10O7S.2K/c15-13(16)9-5-1-3-7-11(9)20-22(19)21-12-8-4-2-6-10(12)14(17)18;;/h1-8H,(H,15,16)(H,17,18);;/q;2*+1/p-2. The number of benzene rings is 2. The number of carboxylic acid groups (broad SMARTS) is 2. The molecule has 2 rings (SSSR count). The molecular weight excluding hydrogens is 390 g/mol. The van der Waals surface area contributed by atoms with Gasteiger partial charge < -0.3 is 28.2 Å². The molecule has 0 amide bonds. The maximum Gasteiger partial charge on any atom is 1.00 e. The summed E-state index contributed by atoms with van der Waals surface area (Å²) in [5.41, 5.74) is -0.625. The smallest absolute Gasteiger partial charge is 0.545 e. The van der Waals surface area contributed by atoms with Gasteiger partial charge in [-0.3, -0.25) is 0 Å². The minimum atomic E-state index is -2.46.